The molecule has 0 aromatic carbocycles. The molecule has 0 unspecified atom stereocenters. The summed E-state index contributed by atoms with van der Waals surface area (Å²) < 4.78 is 12.9. The summed E-state index contributed by atoms with van der Waals surface area (Å²) in [7, 11) is 3.64. The first kappa shape index (κ1) is 17.8. The van der Waals surface area contributed by atoms with Crippen molar-refractivity contribution in [1.29, 1.82) is 0 Å². The van der Waals surface area contributed by atoms with E-state index >= 15 is 0 Å². The third kappa shape index (κ3) is 3.50. The molecule has 4 heterocycles. The molecule has 0 spiro atoms. The predicted octanol–water partition coefficient (Wildman–Crippen LogP) is 1.98. The fourth-order valence-corrected chi connectivity index (χ4v) is 3.51. The lowest BCUT2D eigenvalue weighted by atomic mass is 10.2. The Morgan fingerprint density at radius 2 is 2.07 bits per heavy atom. The molecular weight excluding hydrogens is 344 g/mol. The van der Waals surface area contributed by atoms with Gasteiger partial charge < -0.3 is 14.4 Å². The van der Waals surface area contributed by atoms with E-state index in [2.05, 4.69) is 15.0 Å². The molecule has 4 rings (SSSR count). The van der Waals surface area contributed by atoms with Gasteiger partial charge in [-0.1, -0.05) is 0 Å². The number of aryl methyl sites for hydroxylation is 2. The molecule has 8 nitrogen and oxygen atoms in total. The molecule has 27 heavy (non-hydrogen) atoms. The number of morpholine rings is 1. The number of ether oxygens (including phenoxy) is 2. The van der Waals surface area contributed by atoms with Gasteiger partial charge >= 0.3 is 0 Å². The average Bonchev–Trinajstić information content (AvgIpc) is 3.00. The van der Waals surface area contributed by atoms with Crippen LogP contribution in [0, 0.1) is 6.92 Å². The van der Waals surface area contributed by atoms with Crippen LogP contribution in [-0.4, -0.2) is 64.2 Å². The maximum atomic E-state index is 5.90. The minimum atomic E-state index is 0.130. The quantitative estimate of drug-likeness (QED) is 0.681. The molecule has 0 saturated carbocycles. The molecule has 0 aliphatic carbocycles. The van der Waals surface area contributed by atoms with Crippen LogP contribution in [0.15, 0.2) is 24.5 Å². The van der Waals surface area contributed by atoms with Gasteiger partial charge in [-0.25, -0.2) is 9.97 Å². The standard InChI is InChI=1S/C19H24N6O2/c1-13-16-18(24(2)23-13)21-17(14-4-7-20-8-5-14)22-19(16)25-9-11-27-15(12-25)6-10-26-3/h4-5,7-8,15H,6,9-12H2,1-3H3/t15-/m0/s1. The molecule has 1 aliphatic rings. The number of aromatic nitrogens is 5. The van der Waals surface area contributed by atoms with Crippen LogP contribution in [0.4, 0.5) is 5.82 Å². The molecule has 1 saturated heterocycles. The van der Waals surface area contributed by atoms with Crippen LogP contribution in [0.3, 0.4) is 0 Å². The van der Waals surface area contributed by atoms with Gasteiger partial charge in [-0.05, 0) is 25.5 Å². The predicted molar refractivity (Wildman–Crippen MR) is 103 cm³/mol. The van der Waals surface area contributed by atoms with Crippen LogP contribution in [-0.2, 0) is 16.5 Å². The number of rotatable bonds is 5. The molecular formula is C19H24N6O2. The second-order valence-electron chi connectivity index (χ2n) is 6.73. The third-order valence-electron chi connectivity index (χ3n) is 4.86. The summed E-state index contributed by atoms with van der Waals surface area (Å²) in [5, 5.41) is 5.58. The Morgan fingerprint density at radius 3 is 2.85 bits per heavy atom. The fourth-order valence-electron chi connectivity index (χ4n) is 3.51. The SMILES string of the molecule is COCC[C@H]1CN(c2nc(-c3ccncc3)nc3c2c(C)nn3C)CCO1. The molecule has 3 aromatic heterocycles. The van der Waals surface area contributed by atoms with Gasteiger partial charge in [0.15, 0.2) is 11.5 Å². The van der Waals surface area contributed by atoms with Crippen LogP contribution in [0.2, 0.25) is 0 Å². The average molecular weight is 368 g/mol. The van der Waals surface area contributed by atoms with Crippen molar-refractivity contribution in [2.45, 2.75) is 19.4 Å². The smallest absolute Gasteiger partial charge is 0.164 e. The zero-order valence-electron chi connectivity index (χ0n) is 15.9. The summed E-state index contributed by atoms with van der Waals surface area (Å²) in [5.41, 5.74) is 2.71. The Morgan fingerprint density at radius 1 is 1.26 bits per heavy atom. The second kappa shape index (κ2) is 7.58. The second-order valence-corrected chi connectivity index (χ2v) is 6.73. The molecule has 8 heteroatoms. The van der Waals surface area contributed by atoms with E-state index in [9.17, 15) is 0 Å². The molecule has 1 fully saturated rings. The molecule has 1 aliphatic heterocycles. The Kier molecular flexibility index (Phi) is 5.00. The van der Waals surface area contributed by atoms with Gasteiger partial charge in [-0.3, -0.25) is 9.67 Å². The third-order valence-corrected chi connectivity index (χ3v) is 4.86. The van der Waals surface area contributed by atoms with E-state index in [1.807, 2.05) is 30.8 Å². The van der Waals surface area contributed by atoms with Crippen LogP contribution in [0.1, 0.15) is 12.1 Å². The normalized spacial score (nSPS) is 17.6. The van der Waals surface area contributed by atoms with Crippen LogP contribution >= 0.6 is 0 Å². The summed E-state index contributed by atoms with van der Waals surface area (Å²) >= 11 is 0. The first-order valence-electron chi connectivity index (χ1n) is 9.14. The zero-order valence-corrected chi connectivity index (χ0v) is 15.9. The Hall–Kier alpha value is -2.58. The number of methoxy groups -OCH3 is 1. The maximum Gasteiger partial charge on any atom is 0.164 e. The van der Waals surface area contributed by atoms with E-state index in [-0.39, 0.29) is 6.10 Å². The van der Waals surface area contributed by atoms with Gasteiger partial charge in [-0.15, -0.1) is 0 Å². The van der Waals surface area contributed by atoms with Crippen molar-refractivity contribution in [1.82, 2.24) is 24.7 Å². The minimum absolute atomic E-state index is 0.130. The topological polar surface area (TPSA) is 78.2 Å². The molecule has 0 bridgehead atoms. The number of hydrogen-bond donors (Lipinski definition) is 0. The maximum absolute atomic E-state index is 5.90. The van der Waals surface area contributed by atoms with Gasteiger partial charge in [0, 0.05) is 51.8 Å². The number of fused-ring (bicyclic) bond motifs is 1. The molecule has 1 atom stereocenters. The fraction of sp³-hybridized carbons (Fsp3) is 0.474. The zero-order chi connectivity index (χ0) is 18.8. The van der Waals surface area contributed by atoms with Crippen molar-refractivity contribution in [2.75, 3.05) is 38.3 Å². The highest BCUT2D eigenvalue weighted by atomic mass is 16.5. The molecule has 142 valence electrons. The van der Waals surface area contributed by atoms with Crippen molar-refractivity contribution < 1.29 is 9.47 Å². The molecule has 3 aromatic rings. The van der Waals surface area contributed by atoms with Gasteiger partial charge in [-0.2, -0.15) is 5.10 Å². The van der Waals surface area contributed by atoms with Gasteiger partial charge in [0.1, 0.15) is 5.82 Å². The van der Waals surface area contributed by atoms with E-state index in [4.69, 9.17) is 19.4 Å². The van der Waals surface area contributed by atoms with E-state index in [0.717, 1.165) is 47.6 Å². The van der Waals surface area contributed by atoms with Crippen molar-refractivity contribution in [2.24, 2.45) is 7.05 Å². The largest absolute Gasteiger partial charge is 0.385 e. The van der Waals surface area contributed by atoms with E-state index in [0.29, 0.717) is 19.0 Å². The summed E-state index contributed by atoms with van der Waals surface area (Å²) in [6.45, 7) is 4.93. The molecule has 0 N–H and O–H groups in total. The Labute approximate surface area is 158 Å². The lowest BCUT2D eigenvalue weighted by Gasteiger charge is -2.34. The van der Waals surface area contributed by atoms with Crippen LogP contribution in [0.5, 0.6) is 0 Å². The highest BCUT2D eigenvalue weighted by molar-refractivity contribution is 5.91. The summed E-state index contributed by atoms with van der Waals surface area (Å²) in [4.78, 5) is 16.1. The first-order valence-corrected chi connectivity index (χ1v) is 9.14. The van der Waals surface area contributed by atoms with Crippen molar-refractivity contribution in [3.63, 3.8) is 0 Å². The lowest BCUT2D eigenvalue weighted by Crippen LogP contribution is -2.43. The van der Waals surface area contributed by atoms with Crippen LogP contribution in [0.25, 0.3) is 22.4 Å². The van der Waals surface area contributed by atoms with E-state index in [1.54, 1.807) is 19.5 Å². The van der Waals surface area contributed by atoms with Crippen molar-refractivity contribution in [3.05, 3.63) is 30.2 Å². The van der Waals surface area contributed by atoms with Gasteiger partial charge in [0.05, 0.1) is 23.8 Å². The number of nitrogens with zero attached hydrogens (tertiary/aromatic N) is 6. The monoisotopic (exact) mass is 368 g/mol. The minimum Gasteiger partial charge on any atom is -0.385 e. The van der Waals surface area contributed by atoms with Gasteiger partial charge in [0.2, 0.25) is 0 Å². The van der Waals surface area contributed by atoms with E-state index in [1.165, 1.54) is 0 Å². The van der Waals surface area contributed by atoms with Crippen molar-refractivity contribution in [3.8, 4) is 11.4 Å². The molecule has 0 amide bonds. The number of anilines is 1. The lowest BCUT2D eigenvalue weighted by molar-refractivity contribution is 0.0190. The highest BCUT2D eigenvalue weighted by Crippen LogP contribution is 2.30. The number of hydrogen-bond acceptors (Lipinski definition) is 7. The Bertz CT molecular complexity index is 927. The highest BCUT2D eigenvalue weighted by Gasteiger charge is 2.26. The van der Waals surface area contributed by atoms with Crippen LogP contribution < -0.4 is 4.90 Å². The Balaban J connectivity index is 1.78. The summed E-state index contributed by atoms with van der Waals surface area (Å²) in [6, 6.07) is 3.85. The molecule has 0 radical (unpaired) electrons. The van der Waals surface area contributed by atoms with E-state index < -0.39 is 0 Å². The number of pyridine rings is 1. The van der Waals surface area contributed by atoms with Crippen molar-refractivity contribution >= 4 is 16.9 Å². The summed E-state index contributed by atoms with van der Waals surface area (Å²) in [5.74, 6) is 1.60. The first-order chi connectivity index (χ1) is 13.2. The van der Waals surface area contributed by atoms with Gasteiger partial charge in [0.25, 0.3) is 0 Å². The summed E-state index contributed by atoms with van der Waals surface area (Å²) in [6.07, 6.45) is 4.51.